The van der Waals surface area contributed by atoms with Gasteiger partial charge in [-0.15, -0.1) is 0 Å². The van der Waals surface area contributed by atoms with Crippen molar-refractivity contribution in [3.63, 3.8) is 0 Å². The fraction of sp³-hybridized carbons (Fsp3) is 0.150. The molecule has 1 aliphatic heterocycles. The van der Waals surface area contributed by atoms with E-state index in [4.69, 9.17) is 16.3 Å². The molecule has 146 valence electrons. The fourth-order valence-corrected chi connectivity index (χ4v) is 3.33. The maximum Gasteiger partial charge on any atom is 0.355 e. The first-order valence-electron chi connectivity index (χ1n) is 8.74. The summed E-state index contributed by atoms with van der Waals surface area (Å²) in [7, 11) is 1.25. The van der Waals surface area contributed by atoms with Gasteiger partial charge in [-0.2, -0.15) is 4.68 Å². The number of carbonyl (C=O) groups is 2. The fourth-order valence-electron chi connectivity index (χ4n) is 3.20. The molecule has 9 heteroatoms. The van der Waals surface area contributed by atoms with Crippen LogP contribution in [0.1, 0.15) is 27.5 Å². The van der Waals surface area contributed by atoms with Crippen LogP contribution in [-0.4, -0.2) is 39.1 Å². The van der Waals surface area contributed by atoms with Crippen molar-refractivity contribution in [2.75, 3.05) is 12.4 Å². The number of hydrogen-bond donors (Lipinski definition) is 1. The topological polar surface area (TPSA) is 99.0 Å². The molecule has 1 aromatic heterocycles. The number of esters is 1. The zero-order chi connectivity index (χ0) is 20.5. The number of ether oxygens (including phenoxy) is 1. The van der Waals surface area contributed by atoms with Crippen molar-refractivity contribution in [2.24, 2.45) is 0 Å². The van der Waals surface area contributed by atoms with Gasteiger partial charge >= 0.3 is 5.97 Å². The molecule has 0 unspecified atom stereocenters. The molecule has 0 radical (unpaired) electrons. The van der Waals surface area contributed by atoms with Crippen LogP contribution in [0.4, 0.5) is 5.95 Å². The van der Waals surface area contributed by atoms with E-state index in [1.165, 1.54) is 11.8 Å². The van der Waals surface area contributed by atoms with Crippen molar-refractivity contribution >= 4 is 29.3 Å². The average Bonchev–Trinajstić information content (AvgIpc) is 3.21. The summed E-state index contributed by atoms with van der Waals surface area (Å²) in [6.07, 6.45) is 0. The first kappa shape index (κ1) is 18.8. The van der Waals surface area contributed by atoms with E-state index in [1.807, 2.05) is 19.1 Å². The van der Waals surface area contributed by atoms with E-state index < -0.39 is 12.0 Å². The number of nitrogens with zero attached hydrogens (tertiary/aromatic N) is 4. The third-order valence-electron chi connectivity index (χ3n) is 4.65. The molecular formula is C20H16ClN5O3. The summed E-state index contributed by atoms with van der Waals surface area (Å²) in [4.78, 5) is 26.0. The Hall–Kier alpha value is -3.52. The number of ketones is 1. The molecule has 1 N–H and O–H groups in total. The van der Waals surface area contributed by atoms with Crippen molar-refractivity contribution in [1.82, 2.24) is 20.2 Å². The number of nitrogens with one attached hydrogen (secondary N) is 1. The van der Waals surface area contributed by atoms with Crippen LogP contribution in [0, 0.1) is 6.92 Å². The summed E-state index contributed by atoms with van der Waals surface area (Å²) in [6, 6.07) is 13.3. The summed E-state index contributed by atoms with van der Waals surface area (Å²) in [6.45, 7) is 1.93. The highest BCUT2D eigenvalue weighted by Gasteiger charge is 2.38. The van der Waals surface area contributed by atoms with E-state index in [9.17, 15) is 9.59 Å². The number of aromatic nitrogens is 4. The van der Waals surface area contributed by atoms with Crippen LogP contribution >= 0.6 is 11.6 Å². The summed E-state index contributed by atoms with van der Waals surface area (Å²) in [5, 5.41) is 15.0. The molecule has 0 fully saturated rings. The van der Waals surface area contributed by atoms with Crippen LogP contribution in [0.25, 0.3) is 0 Å². The number of allylic oxidation sites excluding steroid dienone is 1. The largest absolute Gasteiger partial charge is 0.464 e. The first-order chi connectivity index (χ1) is 14.0. The predicted molar refractivity (Wildman–Crippen MR) is 106 cm³/mol. The standard InChI is InChI=1S/C20H16ClN5O3/c1-11-3-5-13(6-4-11)18(27)15-16(19(28)29-2)22-20-23-24-25-26(20)17(15)12-7-9-14(21)10-8-12/h3-10,17H,1-2H3,(H,22,23,25)/t17-/m1/s1. The molecule has 8 nitrogen and oxygen atoms in total. The maximum atomic E-state index is 13.5. The van der Waals surface area contributed by atoms with Gasteiger partial charge in [-0.25, -0.2) is 4.79 Å². The SMILES string of the molecule is COC(=O)C1=C(C(=O)c2ccc(C)cc2)[C@@H](c2ccc(Cl)cc2)n2nnnc2N1. The molecular weight excluding hydrogens is 394 g/mol. The van der Waals surface area contributed by atoms with Crippen LogP contribution in [0.3, 0.4) is 0 Å². The lowest BCUT2D eigenvalue weighted by Gasteiger charge is -2.28. The van der Waals surface area contributed by atoms with Crippen molar-refractivity contribution in [2.45, 2.75) is 13.0 Å². The summed E-state index contributed by atoms with van der Waals surface area (Å²) in [5.41, 5.74) is 2.33. The average molecular weight is 410 g/mol. The van der Waals surface area contributed by atoms with Gasteiger partial charge in [-0.05, 0) is 35.0 Å². The van der Waals surface area contributed by atoms with E-state index >= 15 is 0 Å². The first-order valence-corrected chi connectivity index (χ1v) is 9.11. The number of halogens is 1. The number of hydrogen-bond acceptors (Lipinski definition) is 7. The van der Waals surface area contributed by atoms with Gasteiger partial charge in [-0.3, -0.25) is 4.79 Å². The lowest BCUT2D eigenvalue weighted by atomic mass is 9.89. The smallest absolute Gasteiger partial charge is 0.355 e. The van der Waals surface area contributed by atoms with Gasteiger partial charge in [0.05, 0.1) is 12.7 Å². The number of carbonyl (C=O) groups excluding carboxylic acids is 2. The molecule has 0 amide bonds. The number of methoxy groups -OCH3 is 1. The Morgan fingerprint density at radius 2 is 1.79 bits per heavy atom. The van der Waals surface area contributed by atoms with Gasteiger partial charge in [-0.1, -0.05) is 58.7 Å². The van der Waals surface area contributed by atoms with Gasteiger partial charge < -0.3 is 10.1 Å². The molecule has 2 aromatic carbocycles. The number of rotatable bonds is 4. The number of fused-ring (bicyclic) bond motifs is 1. The molecule has 4 rings (SSSR count). The summed E-state index contributed by atoms with van der Waals surface area (Å²) < 4.78 is 6.36. The van der Waals surface area contributed by atoms with Gasteiger partial charge in [0.1, 0.15) is 11.7 Å². The van der Waals surface area contributed by atoms with Crippen molar-refractivity contribution in [1.29, 1.82) is 0 Å². The normalized spacial score (nSPS) is 15.5. The Bertz CT molecular complexity index is 1120. The van der Waals surface area contributed by atoms with Gasteiger partial charge in [0.25, 0.3) is 0 Å². The van der Waals surface area contributed by atoms with E-state index in [0.29, 0.717) is 16.1 Å². The lowest BCUT2D eigenvalue weighted by Crippen LogP contribution is -2.32. The van der Waals surface area contributed by atoms with Crippen LogP contribution in [0.2, 0.25) is 5.02 Å². The van der Waals surface area contributed by atoms with Crippen molar-refractivity contribution in [3.05, 3.63) is 81.5 Å². The monoisotopic (exact) mass is 409 g/mol. The number of benzene rings is 2. The minimum Gasteiger partial charge on any atom is -0.464 e. The minimum absolute atomic E-state index is 0.000301. The molecule has 2 heterocycles. The van der Waals surface area contributed by atoms with E-state index in [1.54, 1.807) is 36.4 Å². The second kappa shape index (κ2) is 7.48. The Morgan fingerprint density at radius 3 is 2.45 bits per heavy atom. The highest BCUT2D eigenvalue weighted by Crippen LogP contribution is 2.36. The van der Waals surface area contributed by atoms with Crippen LogP contribution in [0.15, 0.2) is 59.8 Å². The second-order valence-electron chi connectivity index (χ2n) is 6.50. The van der Waals surface area contributed by atoms with Gasteiger partial charge in [0.15, 0.2) is 5.78 Å². The number of aryl methyl sites for hydroxylation is 1. The van der Waals surface area contributed by atoms with E-state index in [0.717, 1.165) is 5.56 Å². The molecule has 29 heavy (non-hydrogen) atoms. The molecule has 0 spiro atoms. The Labute approximate surface area is 171 Å². The Balaban J connectivity index is 1.94. The summed E-state index contributed by atoms with van der Waals surface area (Å²) in [5.74, 6) is -0.793. The maximum absolute atomic E-state index is 13.5. The van der Waals surface area contributed by atoms with Crippen LogP contribution in [-0.2, 0) is 9.53 Å². The lowest BCUT2D eigenvalue weighted by molar-refractivity contribution is -0.136. The van der Waals surface area contributed by atoms with Crippen molar-refractivity contribution in [3.8, 4) is 0 Å². The Morgan fingerprint density at radius 1 is 1.10 bits per heavy atom. The molecule has 3 aromatic rings. The molecule has 1 aliphatic rings. The highest BCUT2D eigenvalue weighted by atomic mass is 35.5. The number of anilines is 1. The minimum atomic E-state index is -0.735. The third kappa shape index (κ3) is 3.38. The number of Topliss-reactive ketones (excluding diaryl/α,β-unsaturated/α-hetero) is 1. The zero-order valence-corrected chi connectivity index (χ0v) is 16.3. The second-order valence-corrected chi connectivity index (χ2v) is 6.94. The molecule has 1 atom stereocenters. The molecule has 0 bridgehead atoms. The van der Waals surface area contributed by atoms with Gasteiger partial charge in [0, 0.05) is 10.6 Å². The molecule has 0 saturated heterocycles. The highest BCUT2D eigenvalue weighted by molar-refractivity contribution is 6.30. The third-order valence-corrected chi connectivity index (χ3v) is 4.90. The molecule has 0 saturated carbocycles. The zero-order valence-electron chi connectivity index (χ0n) is 15.6. The van der Waals surface area contributed by atoms with Gasteiger partial charge in [0.2, 0.25) is 5.95 Å². The van der Waals surface area contributed by atoms with Crippen molar-refractivity contribution < 1.29 is 14.3 Å². The van der Waals surface area contributed by atoms with Crippen LogP contribution in [0.5, 0.6) is 0 Å². The van der Waals surface area contributed by atoms with Crippen LogP contribution < -0.4 is 5.32 Å². The van der Waals surface area contributed by atoms with E-state index in [2.05, 4.69) is 20.8 Å². The Kier molecular flexibility index (Phi) is 4.85. The summed E-state index contributed by atoms with van der Waals surface area (Å²) >= 11 is 6.03. The van der Waals surface area contributed by atoms with E-state index in [-0.39, 0.29) is 23.0 Å². The quantitative estimate of drug-likeness (QED) is 0.522. The predicted octanol–water partition coefficient (Wildman–Crippen LogP) is 2.96. The number of tetrazole rings is 1. The molecule has 0 aliphatic carbocycles.